The maximum absolute atomic E-state index is 6.12. The Hall–Kier alpha value is -0.160. The van der Waals surface area contributed by atoms with E-state index in [2.05, 4.69) is 44.7 Å². The van der Waals surface area contributed by atoms with Crippen molar-refractivity contribution in [3.63, 3.8) is 0 Å². The van der Waals surface area contributed by atoms with Crippen molar-refractivity contribution in [2.75, 3.05) is 46.9 Å². The molecule has 0 amide bonds. The average Bonchev–Trinajstić information content (AvgIpc) is 2.82. The molecule has 108 valence electrons. The SMILES string of the molecule is CCN(C(C)CN(C)C)C(C)(CN)C1CCOC1. The summed E-state index contributed by atoms with van der Waals surface area (Å²) in [7, 11) is 4.26. The van der Waals surface area contributed by atoms with Gasteiger partial charge in [0.15, 0.2) is 0 Å². The van der Waals surface area contributed by atoms with E-state index in [9.17, 15) is 0 Å². The number of nitrogens with zero attached hydrogens (tertiary/aromatic N) is 2. The summed E-state index contributed by atoms with van der Waals surface area (Å²) in [4.78, 5) is 4.81. The van der Waals surface area contributed by atoms with Gasteiger partial charge in [-0.1, -0.05) is 6.92 Å². The summed E-state index contributed by atoms with van der Waals surface area (Å²) >= 11 is 0. The topological polar surface area (TPSA) is 41.7 Å². The highest BCUT2D eigenvalue weighted by Gasteiger charge is 2.41. The molecular weight excluding hydrogens is 226 g/mol. The van der Waals surface area contributed by atoms with Gasteiger partial charge < -0.3 is 15.4 Å². The summed E-state index contributed by atoms with van der Waals surface area (Å²) < 4.78 is 5.57. The van der Waals surface area contributed by atoms with Crippen LogP contribution in [-0.2, 0) is 4.74 Å². The Morgan fingerprint density at radius 1 is 1.44 bits per heavy atom. The lowest BCUT2D eigenvalue weighted by Gasteiger charge is -2.47. The average molecular weight is 257 g/mol. The number of hydrogen-bond acceptors (Lipinski definition) is 4. The van der Waals surface area contributed by atoms with Crippen molar-refractivity contribution < 1.29 is 4.74 Å². The first-order chi connectivity index (χ1) is 8.45. The summed E-state index contributed by atoms with van der Waals surface area (Å²) in [6.07, 6.45) is 1.14. The largest absolute Gasteiger partial charge is 0.381 e. The highest BCUT2D eigenvalue weighted by molar-refractivity contribution is 4.97. The molecule has 0 radical (unpaired) electrons. The zero-order valence-electron chi connectivity index (χ0n) is 12.8. The van der Waals surface area contributed by atoms with Gasteiger partial charge in [-0.25, -0.2) is 0 Å². The number of rotatable bonds is 7. The Kier molecular flexibility index (Phi) is 6.05. The molecule has 0 aromatic heterocycles. The molecule has 1 fully saturated rings. The van der Waals surface area contributed by atoms with E-state index in [1.807, 2.05) is 0 Å². The zero-order valence-corrected chi connectivity index (χ0v) is 12.8. The summed E-state index contributed by atoms with van der Waals surface area (Å²) in [6, 6.07) is 0.513. The monoisotopic (exact) mass is 257 g/mol. The van der Waals surface area contributed by atoms with Crippen LogP contribution in [0.15, 0.2) is 0 Å². The van der Waals surface area contributed by atoms with E-state index < -0.39 is 0 Å². The van der Waals surface area contributed by atoms with Gasteiger partial charge in [-0.2, -0.15) is 0 Å². The molecule has 18 heavy (non-hydrogen) atoms. The van der Waals surface area contributed by atoms with Gasteiger partial charge in [0.1, 0.15) is 0 Å². The van der Waals surface area contributed by atoms with E-state index in [-0.39, 0.29) is 5.54 Å². The van der Waals surface area contributed by atoms with Crippen molar-refractivity contribution >= 4 is 0 Å². The van der Waals surface area contributed by atoms with E-state index in [1.54, 1.807) is 0 Å². The molecule has 2 N–H and O–H groups in total. The second kappa shape index (κ2) is 6.85. The highest BCUT2D eigenvalue weighted by atomic mass is 16.5. The Morgan fingerprint density at radius 2 is 2.11 bits per heavy atom. The van der Waals surface area contributed by atoms with Crippen LogP contribution in [0.5, 0.6) is 0 Å². The van der Waals surface area contributed by atoms with Crippen molar-refractivity contribution in [3.05, 3.63) is 0 Å². The van der Waals surface area contributed by atoms with Gasteiger partial charge in [0.2, 0.25) is 0 Å². The van der Waals surface area contributed by atoms with Crippen molar-refractivity contribution in [3.8, 4) is 0 Å². The molecule has 0 spiro atoms. The normalized spacial score (nSPS) is 25.7. The van der Waals surface area contributed by atoms with Crippen LogP contribution in [0.1, 0.15) is 27.2 Å². The van der Waals surface area contributed by atoms with E-state index in [0.29, 0.717) is 18.5 Å². The van der Waals surface area contributed by atoms with Crippen LogP contribution < -0.4 is 5.73 Å². The fraction of sp³-hybridized carbons (Fsp3) is 1.00. The van der Waals surface area contributed by atoms with E-state index in [4.69, 9.17) is 10.5 Å². The third-order valence-electron chi connectivity index (χ3n) is 4.38. The van der Waals surface area contributed by atoms with E-state index >= 15 is 0 Å². The lowest BCUT2D eigenvalue weighted by atomic mass is 9.82. The summed E-state index contributed by atoms with van der Waals surface area (Å²) in [6.45, 7) is 11.4. The van der Waals surface area contributed by atoms with Crippen molar-refractivity contribution in [1.82, 2.24) is 9.80 Å². The van der Waals surface area contributed by atoms with Crippen molar-refractivity contribution in [1.29, 1.82) is 0 Å². The van der Waals surface area contributed by atoms with Crippen LogP contribution in [0.25, 0.3) is 0 Å². The first kappa shape index (κ1) is 15.9. The molecular formula is C14H31N3O. The van der Waals surface area contributed by atoms with Gasteiger partial charge >= 0.3 is 0 Å². The number of likely N-dealkylation sites (N-methyl/N-ethyl adjacent to an activating group) is 2. The fourth-order valence-corrected chi connectivity index (χ4v) is 3.35. The van der Waals surface area contributed by atoms with E-state index in [1.165, 1.54) is 0 Å². The molecule has 0 bridgehead atoms. The molecule has 0 aliphatic carbocycles. The minimum absolute atomic E-state index is 0.0562. The fourth-order valence-electron chi connectivity index (χ4n) is 3.35. The maximum atomic E-state index is 6.12. The van der Waals surface area contributed by atoms with Crippen LogP contribution in [-0.4, -0.2) is 68.3 Å². The summed E-state index contributed by atoms with van der Waals surface area (Å²) in [5.74, 6) is 0.562. The molecule has 1 aliphatic heterocycles. The predicted octanol–water partition coefficient (Wildman–Crippen LogP) is 1.01. The standard InChI is InChI=1S/C14H31N3O/c1-6-17(12(2)9-16(4)5)14(3,11-15)13-7-8-18-10-13/h12-13H,6-11,15H2,1-5H3. The van der Waals surface area contributed by atoms with Crippen LogP contribution in [0.4, 0.5) is 0 Å². The smallest absolute Gasteiger partial charge is 0.0513 e. The van der Waals surface area contributed by atoms with Gasteiger partial charge in [0, 0.05) is 37.2 Å². The number of nitrogens with two attached hydrogens (primary N) is 1. The lowest BCUT2D eigenvalue weighted by molar-refractivity contribution is 0.0127. The third kappa shape index (κ3) is 3.44. The minimum Gasteiger partial charge on any atom is -0.381 e. The first-order valence-corrected chi connectivity index (χ1v) is 7.15. The van der Waals surface area contributed by atoms with Gasteiger partial charge in [0.05, 0.1) is 6.61 Å². The Bertz CT molecular complexity index is 241. The van der Waals surface area contributed by atoms with Gasteiger partial charge in [-0.3, -0.25) is 4.90 Å². The first-order valence-electron chi connectivity index (χ1n) is 7.15. The van der Waals surface area contributed by atoms with Crippen LogP contribution in [0, 0.1) is 5.92 Å². The molecule has 3 unspecified atom stereocenters. The molecule has 1 saturated heterocycles. The maximum Gasteiger partial charge on any atom is 0.0513 e. The Balaban J connectivity index is 2.80. The minimum atomic E-state index is 0.0562. The molecule has 3 atom stereocenters. The third-order valence-corrected chi connectivity index (χ3v) is 4.38. The van der Waals surface area contributed by atoms with Crippen LogP contribution in [0.2, 0.25) is 0 Å². The Labute approximate surface area is 112 Å². The molecule has 4 nitrogen and oxygen atoms in total. The van der Waals surface area contributed by atoms with Crippen molar-refractivity contribution in [2.45, 2.75) is 38.8 Å². The molecule has 4 heteroatoms. The lowest BCUT2D eigenvalue weighted by Crippen LogP contribution is -2.61. The second-order valence-corrected chi connectivity index (χ2v) is 6.02. The van der Waals surface area contributed by atoms with Crippen LogP contribution >= 0.6 is 0 Å². The number of ether oxygens (including phenoxy) is 1. The molecule has 1 rings (SSSR count). The molecule has 0 saturated carbocycles. The van der Waals surface area contributed by atoms with Gasteiger partial charge in [-0.05, 0) is 40.9 Å². The van der Waals surface area contributed by atoms with Gasteiger partial charge in [-0.15, -0.1) is 0 Å². The summed E-state index contributed by atoms with van der Waals surface area (Å²) in [5.41, 5.74) is 6.18. The molecule has 1 heterocycles. The van der Waals surface area contributed by atoms with E-state index in [0.717, 1.165) is 32.7 Å². The van der Waals surface area contributed by atoms with Crippen molar-refractivity contribution in [2.24, 2.45) is 11.7 Å². The highest BCUT2D eigenvalue weighted by Crippen LogP contribution is 2.32. The zero-order chi connectivity index (χ0) is 13.8. The predicted molar refractivity (Wildman–Crippen MR) is 76.8 cm³/mol. The number of hydrogen-bond donors (Lipinski definition) is 1. The second-order valence-electron chi connectivity index (χ2n) is 6.02. The molecule has 0 aromatic rings. The quantitative estimate of drug-likeness (QED) is 0.739. The van der Waals surface area contributed by atoms with Crippen LogP contribution in [0.3, 0.4) is 0 Å². The Morgan fingerprint density at radius 3 is 2.50 bits per heavy atom. The molecule has 0 aromatic carbocycles. The molecule has 1 aliphatic rings. The summed E-state index contributed by atoms with van der Waals surface area (Å²) in [5, 5.41) is 0. The van der Waals surface area contributed by atoms with Gasteiger partial charge in [0.25, 0.3) is 0 Å².